The molecule has 0 atom stereocenters. The number of aromatic nitrogens is 3. The first-order valence-corrected chi connectivity index (χ1v) is 2.16. The van der Waals surface area contributed by atoms with E-state index in [-0.39, 0.29) is 0 Å². The van der Waals surface area contributed by atoms with Crippen LogP contribution in [0.1, 0.15) is 5.69 Å². The monoisotopic (exact) mass is 111 g/mol. The van der Waals surface area contributed by atoms with Gasteiger partial charge in [-0.25, -0.2) is 0 Å². The summed E-state index contributed by atoms with van der Waals surface area (Å²) in [6, 6.07) is 0. The molecule has 1 aromatic heterocycles. The molecule has 0 N–H and O–H groups in total. The van der Waals surface area contributed by atoms with E-state index in [9.17, 15) is 4.79 Å². The molecule has 1 rings (SSSR count). The van der Waals surface area contributed by atoms with Crippen molar-refractivity contribution in [3.8, 4) is 0 Å². The smallest absolute Gasteiger partial charge is 0.235 e. The van der Waals surface area contributed by atoms with Gasteiger partial charge in [-0.05, 0) is 6.92 Å². The molecule has 4 heteroatoms. The van der Waals surface area contributed by atoms with Gasteiger partial charge in [0.15, 0.2) is 0 Å². The predicted molar refractivity (Wildman–Crippen MR) is 26.9 cm³/mol. The number of carbonyl (C=O) groups excluding carboxylic acids is 1. The highest BCUT2D eigenvalue weighted by Gasteiger charge is 1.88. The molecule has 0 bridgehead atoms. The minimum Gasteiger partial charge on any atom is -0.276 e. The Kier molecular flexibility index (Phi) is 1.07. The van der Waals surface area contributed by atoms with Crippen LogP contribution in [-0.2, 0) is 4.79 Å². The second-order valence-electron chi connectivity index (χ2n) is 1.45. The van der Waals surface area contributed by atoms with Crippen molar-refractivity contribution in [3.05, 3.63) is 11.9 Å². The van der Waals surface area contributed by atoms with Gasteiger partial charge in [0.2, 0.25) is 6.41 Å². The van der Waals surface area contributed by atoms with Gasteiger partial charge in [-0.1, -0.05) is 5.21 Å². The van der Waals surface area contributed by atoms with Gasteiger partial charge in [0.25, 0.3) is 0 Å². The standard InChI is InChI=1S/C4H5N3O/c1-4-2-7(3-8)6-5-4/h2-3H,1H3. The highest BCUT2D eigenvalue weighted by molar-refractivity contribution is 5.49. The lowest BCUT2D eigenvalue weighted by molar-refractivity contribution is 0.538. The van der Waals surface area contributed by atoms with Gasteiger partial charge in [-0.2, -0.15) is 4.68 Å². The number of aryl methyl sites for hydroxylation is 1. The van der Waals surface area contributed by atoms with Crippen LogP contribution in [0.15, 0.2) is 6.20 Å². The van der Waals surface area contributed by atoms with E-state index in [1.165, 1.54) is 0 Å². The van der Waals surface area contributed by atoms with Crippen LogP contribution in [0.2, 0.25) is 0 Å². The molecule has 0 unspecified atom stereocenters. The first-order valence-electron chi connectivity index (χ1n) is 2.16. The molecule has 0 fully saturated rings. The zero-order valence-corrected chi connectivity index (χ0v) is 4.40. The van der Waals surface area contributed by atoms with Crippen molar-refractivity contribution < 1.29 is 4.79 Å². The molecule has 8 heavy (non-hydrogen) atoms. The summed E-state index contributed by atoms with van der Waals surface area (Å²) in [7, 11) is 0. The summed E-state index contributed by atoms with van der Waals surface area (Å²) in [6.45, 7) is 1.77. The van der Waals surface area contributed by atoms with E-state index in [0.29, 0.717) is 6.41 Å². The van der Waals surface area contributed by atoms with Crippen molar-refractivity contribution in [1.82, 2.24) is 15.0 Å². The lowest BCUT2D eigenvalue weighted by Crippen LogP contribution is -1.93. The van der Waals surface area contributed by atoms with Crippen molar-refractivity contribution in [2.75, 3.05) is 0 Å². The second kappa shape index (κ2) is 1.73. The van der Waals surface area contributed by atoms with Gasteiger partial charge in [0, 0.05) is 0 Å². The van der Waals surface area contributed by atoms with Crippen molar-refractivity contribution >= 4 is 6.41 Å². The number of carbonyl (C=O) groups is 1. The molecule has 4 nitrogen and oxygen atoms in total. The SMILES string of the molecule is Cc1cn(C=O)nn1. The van der Waals surface area contributed by atoms with Crippen LogP contribution < -0.4 is 0 Å². The summed E-state index contributed by atoms with van der Waals surface area (Å²) in [4.78, 5) is 9.88. The number of rotatable bonds is 1. The van der Waals surface area contributed by atoms with Crippen LogP contribution in [0.3, 0.4) is 0 Å². The third-order valence-electron chi connectivity index (χ3n) is 0.733. The summed E-state index contributed by atoms with van der Waals surface area (Å²) in [5.74, 6) is 0. The Morgan fingerprint density at radius 1 is 1.88 bits per heavy atom. The van der Waals surface area contributed by atoms with Gasteiger partial charge in [0.1, 0.15) is 0 Å². The Labute approximate surface area is 46.1 Å². The van der Waals surface area contributed by atoms with Crippen LogP contribution >= 0.6 is 0 Å². The fourth-order valence-corrected chi connectivity index (χ4v) is 0.417. The van der Waals surface area contributed by atoms with Crippen molar-refractivity contribution in [2.24, 2.45) is 0 Å². The maximum atomic E-state index is 9.88. The normalized spacial score (nSPS) is 9.12. The van der Waals surface area contributed by atoms with Crippen LogP contribution in [0.25, 0.3) is 0 Å². The lowest BCUT2D eigenvalue weighted by atomic mass is 10.6. The Morgan fingerprint density at radius 3 is 2.88 bits per heavy atom. The third-order valence-corrected chi connectivity index (χ3v) is 0.733. The second-order valence-corrected chi connectivity index (χ2v) is 1.45. The first-order chi connectivity index (χ1) is 3.83. The molecular weight excluding hydrogens is 106 g/mol. The molecule has 0 aliphatic carbocycles. The van der Waals surface area contributed by atoms with Crippen molar-refractivity contribution in [1.29, 1.82) is 0 Å². The largest absolute Gasteiger partial charge is 0.276 e. The summed E-state index contributed by atoms with van der Waals surface area (Å²) in [5.41, 5.74) is 0.747. The zero-order chi connectivity index (χ0) is 5.98. The van der Waals surface area contributed by atoms with E-state index in [1.54, 1.807) is 13.1 Å². The van der Waals surface area contributed by atoms with Crippen molar-refractivity contribution in [3.63, 3.8) is 0 Å². The molecule has 0 saturated carbocycles. The van der Waals surface area contributed by atoms with Gasteiger partial charge in [-0.15, -0.1) is 5.10 Å². The Balaban J connectivity index is 3.00. The van der Waals surface area contributed by atoms with Crippen LogP contribution in [0.4, 0.5) is 0 Å². The molecule has 0 aliphatic heterocycles. The van der Waals surface area contributed by atoms with E-state index < -0.39 is 0 Å². The molecule has 0 radical (unpaired) electrons. The van der Waals surface area contributed by atoms with Crippen LogP contribution in [0.5, 0.6) is 0 Å². The van der Waals surface area contributed by atoms with Crippen LogP contribution in [-0.4, -0.2) is 21.4 Å². The van der Waals surface area contributed by atoms with Gasteiger partial charge < -0.3 is 0 Å². The predicted octanol–water partition coefficient (Wildman–Crippen LogP) is -0.375. The van der Waals surface area contributed by atoms with Gasteiger partial charge in [-0.3, -0.25) is 4.79 Å². The Morgan fingerprint density at radius 2 is 2.62 bits per heavy atom. The van der Waals surface area contributed by atoms with E-state index in [4.69, 9.17) is 0 Å². The van der Waals surface area contributed by atoms with E-state index >= 15 is 0 Å². The Hall–Kier alpha value is -1.19. The van der Waals surface area contributed by atoms with Gasteiger partial charge >= 0.3 is 0 Å². The van der Waals surface area contributed by atoms with E-state index in [1.807, 2.05) is 0 Å². The molecule has 0 spiro atoms. The topological polar surface area (TPSA) is 47.8 Å². The third kappa shape index (κ3) is 0.726. The maximum absolute atomic E-state index is 9.88. The molecular formula is C4H5N3O. The molecule has 0 saturated heterocycles. The highest BCUT2D eigenvalue weighted by atomic mass is 16.1. The quantitative estimate of drug-likeness (QED) is 0.464. The molecule has 1 heterocycles. The summed E-state index contributed by atoms with van der Waals surface area (Å²) >= 11 is 0. The minimum atomic E-state index is 0.597. The summed E-state index contributed by atoms with van der Waals surface area (Å²) in [6.07, 6.45) is 2.15. The number of hydrogen-bond donors (Lipinski definition) is 0. The minimum absolute atomic E-state index is 0.597. The average Bonchev–Trinajstić information content (AvgIpc) is 2.14. The fraction of sp³-hybridized carbons (Fsp3) is 0.250. The summed E-state index contributed by atoms with van der Waals surface area (Å²) in [5, 5.41) is 7.00. The Bertz CT molecular complexity index is 193. The highest BCUT2D eigenvalue weighted by Crippen LogP contribution is 1.83. The molecule has 0 amide bonds. The molecule has 0 aromatic carbocycles. The van der Waals surface area contributed by atoms with E-state index in [0.717, 1.165) is 10.4 Å². The van der Waals surface area contributed by atoms with Crippen molar-refractivity contribution in [2.45, 2.75) is 6.92 Å². The number of hydrogen-bond acceptors (Lipinski definition) is 3. The number of nitrogens with zero attached hydrogens (tertiary/aromatic N) is 3. The maximum Gasteiger partial charge on any atom is 0.235 e. The fourth-order valence-electron chi connectivity index (χ4n) is 0.417. The first kappa shape index (κ1) is 4.96. The summed E-state index contributed by atoms with van der Waals surface area (Å²) < 4.78 is 1.12. The molecule has 42 valence electrons. The van der Waals surface area contributed by atoms with Gasteiger partial charge in [0.05, 0.1) is 11.9 Å². The zero-order valence-electron chi connectivity index (χ0n) is 4.40. The average molecular weight is 111 g/mol. The lowest BCUT2D eigenvalue weighted by Gasteiger charge is -1.74. The van der Waals surface area contributed by atoms with E-state index in [2.05, 4.69) is 10.3 Å². The molecule has 1 aromatic rings. The van der Waals surface area contributed by atoms with Crippen LogP contribution in [0, 0.1) is 6.92 Å². The molecule has 0 aliphatic rings.